The van der Waals surface area contributed by atoms with Crippen LogP contribution in [0.3, 0.4) is 0 Å². The fourth-order valence-corrected chi connectivity index (χ4v) is 10.4. The van der Waals surface area contributed by atoms with Crippen LogP contribution in [-0.2, 0) is 0 Å². The standard InChI is InChI=1S/C62H46F4N2O2/c1-35-51(63)29-41(30-52(35)64)49-25-23-37-13-3-7-17-45(37)57(49)59-47-19-9-5-15-39(47)27-43(61(59)69)33-67-55-21-11-12-22-56(55)68-34-44-28-40-16-6-10-20-48(40)60(62(44)70)58-46-18-8-4-14-38(46)24-26-50(58)42-31-53(65)36(2)54(66)32-42/h3-10,13-20,23-34,55-56,69-70H,11-12,21-22H2,1-2H3/t55-,56-/m1/s1. The van der Waals surface area contributed by atoms with Gasteiger partial charge in [-0.05, 0) is 128 Å². The van der Waals surface area contributed by atoms with Crippen molar-refractivity contribution in [3.05, 3.63) is 203 Å². The van der Waals surface area contributed by atoms with Crippen molar-refractivity contribution in [2.45, 2.75) is 51.6 Å². The molecular weight excluding hydrogens is 881 g/mol. The smallest absolute Gasteiger partial charge is 0.132 e. The average Bonchev–Trinajstić information content (AvgIpc) is 3.38. The number of nitrogens with zero attached hydrogens (tertiary/aromatic N) is 2. The van der Waals surface area contributed by atoms with Crippen LogP contribution in [0.15, 0.2) is 168 Å². The quantitative estimate of drug-likeness (QED) is 0.118. The van der Waals surface area contributed by atoms with E-state index in [9.17, 15) is 10.2 Å². The van der Waals surface area contributed by atoms with Gasteiger partial charge in [0.1, 0.15) is 34.8 Å². The van der Waals surface area contributed by atoms with Gasteiger partial charge in [0.05, 0.1) is 12.1 Å². The molecule has 8 heteroatoms. The monoisotopic (exact) mass is 926 g/mol. The Labute approximate surface area is 402 Å². The van der Waals surface area contributed by atoms with Crippen molar-refractivity contribution in [3.8, 4) is 56.0 Å². The number of hydrogen-bond acceptors (Lipinski definition) is 4. The fourth-order valence-electron chi connectivity index (χ4n) is 10.4. The van der Waals surface area contributed by atoms with E-state index < -0.39 is 23.3 Å². The molecule has 0 amide bonds. The lowest BCUT2D eigenvalue weighted by molar-refractivity contribution is 0.390. The molecule has 1 fully saturated rings. The van der Waals surface area contributed by atoms with Gasteiger partial charge in [-0.25, -0.2) is 17.6 Å². The van der Waals surface area contributed by atoms with E-state index in [2.05, 4.69) is 0 Å². The van der Waals surface area contributed by atoms with Crippen molar-refractivity contribution < 1.29 is 27.8 Å². The lowest BCUT2D eigenvalue weighted by Crippen LogP contribution is -2.27. The number of halogens is 4. The molecule has 0 aromatic heterocycles. The fraction of sp³-hybridized carbons (Fsp3) is 0.129. The first-order chi connectivity index (χ1) is 34.0. The summed E-state index contributed by atoms with van der Waals surface area (Å²) in [4.78, 5) is 10.3. The van der Waals surface area contributed by atoms with Crippen LogP contribution < -0.4 is 0 Å². The molecule has 0 radical (unpaired) electrons. The highest BCUT2D eigenvalue weighted by Gasteiger charge is 2.27. The highest BCUT2D eigenvalue weighted by atomic mass is 19.1. The number of aliphatic imine (C=N–C) groups is 2. The van der Waals surface area contributed by atoms with Gasteiger partial charge in [-0.15, -0.1) is 0 Å². The number of phenolic OH excluding ortho intramolecular Hbond substituents is 2. The molecule has 10 aromatic carbocycles. The van der Waals surface area contributed by atoms with E-state index in [0.717, 1.165) is 68.8 Å². The molecule has 2 atom stereocenters. The molecule has 0 heterocycles. The second-order valence-electron chi connectivity index (χ2n) is 18.3. The summed E-state index contributed by atoms with van der Waals surface area (Å²) in [6, 6.07) is 47.3. The Kier molecular flexibility index (Phi) is 11.5. The summed E-state index contributed by atoms with van der Waals surface area (Å²) in [5, 5.41) is 31.6. The van der Waals surface area contributed by atoms with Crippen molar-refractivity contribution in [2.75, 3.05) is 0 Å². The van der Waals surface area contributed by atoms with Crippen molar-refractivity contribution in [1.29, 1.82) is 0 Å². The van der Waals surface area contributed by atoms with Crippen LogP contribution in [0.4, 0.5) is 17.6 Å². The Morgan fingerprint density at radius 2 is 0.743 bits per heavy atom. The van der Waals surface area contributed by atoms with Gasteiger partial charge < -0.3 is 10.2 Å². The van der Waals surface area contributed by atoms with Crippen LogP contribution in [0.1, 0.15) is 47.9 Å². The number of hydrogen-bond donors (Lipinski definition) is 2. The molecule has 0 unspecified atom stereocenters. The highest BCUT2D eigenvalue weighted by molar-refractivity contribution is 6.16. The van der Waals surface area contributed by atoms with E-state index in [1.165, 1.54) is 38.1 Å². The van der Waals surface area contributed by atoms with Crippen LogP contribution in [0.5, 0.6) is 11.5 Å². The Balaban J connectivity index is 1.01. The summed E-state index contributed by atoms with van der Waals surface area (Å²) in [7, 11) is 0. The number of phenols is 2. The normalized spacial score (nSPS) is 15.3. The Morgan fingerprint density at radius 1 is 0.414 bits per heavy atom. The van der Waals surface area contributed by atoms with Gasteiger partial charge >= 0.3 is 0 Å². The van der Waals surface area contributed by atoms with Gasteiger partial charge in [0.25, 0.3) is 0 Å². The third kappa shape index (κ3) is 7.83. The van der Waals surface area contributed by atoms with Crippen molar-refractivity contribution in [2.24, 2.45) is 9.98 Å². The first-order valence-corrected chi connectivity index (χ1v) is 23.6. The summed E-state index contributed by atoms with van der Waals surface area (Å²) in [6.07, 6.45) is 6.78. The van der Waals surface area contributed by atoms with Gasteiger partial charge in [-0.3, -0.25) is 9.98 Å². The van der Waals surface area contributed by atoms with E-state index in [0.29, 0.717) is 55.6 Å². The molecule has 1 saturated carbocycles. The molecule has 0 aliphatic heterocycles. The molecule has 4 nitrogen and oxygen atoms in total. The highest BCUT2D eigenvalue weighted by Crippen LogP contribution is 2.49. The summed E-state index contributed by atoms with van der Waals surface area (Å²) < 4.78 is 60.8. The van der Waals surface area contributed by atoms with Gasteiger partial charge in [-0.1, -0.05) is 134 Å². The molecule has 0 saturated heterocycles. The van der Waals surface area contributed by atoms with Crippen LogP contribution >= 0.6 is 0 Å². The van der Waals surface area contributed by atoms with Gasteiger partial charge in [-0.2, -0.15) is 0 Å². The maximum absolute atomic E-state index is 15.2. The molecule has 0 spiro atoms. The van der Waals surface area contributed by atoms with E-state index >= 15 is 17.6 Å². The maximum atomic E-state index is 15.2. The summed E-state index contributed by atoms with van der Waals surface area (Å²) in [5.41, 5.74) is 5.04. The first-order valence-electron chi connectivity index (χ1n) is 23.6. The molecule has 0 bridgehead atoms. The SMILES string of the molecule is Cc1c(F)cc(-c2ccc3ccccc3c2-c2c(O)c(C=N[C@@H]3CCCC[C@H]3N=Cc3cc4ccccc4c(-c4c(-c5cc(F)c(C)c(F)c5)ccc5ccccc45)c3O)cc3ccccc23)cc1F. The predicted octanol–water partition coefficient (Wildman–Crippen LogP) is 16.4. The second-order valence-corrected chi connectivity index (χ2v) is 18.3. The lowest BCUT2D eigenvalue weighted by atomic mass is 9.85. The van der Waals surface area contributed by atoms with Gasteiger partial charge in [0.2, 0.25) is 0 Å². The summed E-state index contributed by atoms with van der Waals surface area (Å²) in [6.45, 7) is 2.82. The predicted molar refractivity (Wildman–Crippen MR) is 279 cm³/mol. The van der Waals surface area contributed by atoms with Crippen LogP contribution in [0.25, 0.3) is 87.6 Å². The van der Waals surface area contributed by atoms with E-state index in [1.807, 2.05) is 133 Å². The minimum absolute atomic E-state index is 0.0125. The van der Waals surface area contributed by atoms with Crippen LogP contribution in [-0.4, -0.2) is 34.7 Å². The minimum Gasteiger partial charge on any atom is -0.507 e. The summed E-state index contributed by atoms with van der Waals surface area (Å²) in [5.74, 6) is -2.64. The average molecular weight is 927 g/mol. The molecule has 1 aliphatic carbocycles. The Morgan fingerprint density at radius 3 is 1.11 bits per heavy atom. The van der Waals surface area contributed by atoms with Crippen molar-refractivity contribution in [3.63, 3.8) is 0 Å². The largest absolute Gasteiger partial charge is 0.507 e. The molecule has 11 rings (SSSR count). The van der Waals surface area contributed by atoms with Gasteiger partial charge in [0.15, 0.2) is 0 Å². The van der Waals surface area contributed by atoms with E-state index in [-0.39, 0.29) is 34.7 Å². The van der Waals surface area contributed by atoms with Crippen LogP contribution in [0.2, 0.25) is 0 Å². The van der Waals surface area contributed by atoms with Gasteiger partial charge in [0, 0.05) is 56.9 Å². The molecule has 2 N–H and O–H groups in total. The molecule has 10 aromatic rings. The molecule has 70 heavy (non-hydrogen) atoms. The number of benzene rings is 10. The second kappa shape index (κ2) is 18.1. The van der Waals surface area contributed by atoms with Crippen molar-refractivity contribution in [1.82, 2.24) is 0 Å². The zero-order valence-electron chi connectivity index (χ0n) is 38.4. The number of rotatable bonds is 8. The lowest BCUT2D eigenvalue weighted by Gasteiger charge is -2.26. The third-order valence-corrected chi connectivity index (χ3v) is 14.1. The molecule has 344 valence electrons. The Hall–Kier alpha value is -8.10. The third-order valence-electron chi connectivity index (χ3n) is 14.1. The van der Waals surface area contributed by atoms with E-state index in [1.54, 1.807) is 12.4 Å². The number of fused-ring (bicyclic) bond motifs is 4. The van der Waals surface area contributed by atoms with Crippen LogP contribution in [0, 0.1) is 37.1 Å². The molecular formula is C62H46F4N2O2. The zero-order valence-corrected chi connectivity index (χ0v) is 38.4. The maximum Gasteiger partial charge on any atom is 0.132 e. The minimum atomic E-state index is -0.655. The number of aromatic hydroxyl groups is 2. The summed E-state index contributed by atoms with van der Waals surface area (Å²) >= 11 is 0. The van der Waals surface area contributed by atoms with Crippen molar-refractivity contribution >= 4 is 55.5 Å². The molecule has 1 aliphatic rings. The zero-order chi connectivity index (χ0) is 48.2. The van der Waals surface area contributed by atoms with E-state index in [4.69, 9.17) is 9.98 Å². The first kappa shape index (κ1) is 44.4. The Bertz CT molecular complexity index is 3510. The topological polar surface area (TPSA) is 65.2 Å².